The minimum Gasteiger partial charge on any atom is -0.321 e. The van der Waals surface area contributed by atoms with Crippen LogP contribution >= 0.6 is 39.0 Å². The van der Waals surface area contributed by atoms with Crippen LogP contribution in [0.15, 0.2) is 40.9 Å². The van der Waals surface area contributed by atoms with Gasteiger partial charge in [-0.25, -0.2) is 0 Å². The summed E-state index contributed by atoms with van der Waals surface area (Å²) in [6.07, 6.45) is 0. The summed E-state index contributed by atoms with van der Waals surface area (Å²) in [4.78, 5) is 17.3. The summed E-state index contributed by atoms with van der Waals surface area (Å²) in [6, 6.07) is 11.9. The average Bonchev–Trinajstić information content (AvgIpc) is 3.06. The zero-order chi connectivity index (χ0) is 14.1. The fraction of sp³-hybridized carbons (Fsp3) is 0.267. The van der Waals surface area contributed by atoms with E-state index in [1.807, 2.05) is 40.9 Å². The Morgan fingerprint density at radius 2 is 2.10 bits per heavy atom. The first kappa shape index (κ1) is 14.2. The molecule has 1 aliphatic rings. The van der Waals surface area contributed by atoms with Crippen LogP contribution in [0.3, 0.4) is 0 Å². The second kappa shape index (κ2) is 5.92. The Morgan fingerprint density at radius 3 is 2.80 bits per heavy atom. The summed E-state index contributed by atoms with van der Waals surface area (Å²) in [6.45, 7) is 2.92. The molecule has 1 aliphatic heterocycles. The Balaban J connectivity index is 1.89. The van der Waals surface area contributed by atoms with E-state index in [9.17, 15) is 4.79 Å². The molecule has 0 saturated carbocycles. The van der Waals surface area contributed by atoms with Gasteiger partial charge >= 0.3 is 0 Å². The van der Waals surface area contributed by atoms with Crippen LogP contribution in [0, 0.1) is 6.92 Å². The van der Waals surface area contributed by atoms with E-state index in [0.29, 0.717) is 0 Å². The molecule has 1 saturated heterocycles. The van der Waals surface area contributed by atoms with Crippen molar-refractivity contribution in [2.24, 2.45) is 0 Å². The molecule has 1 amide bonds. The molecule has 20 heavy (non-hydrogen) atoms. The Morgan fingerprint density at radius 1 is 1.30 bits per heavy atom. The molecule has 5 heteroatoms. The molecule has 1 aromatic carbocycles. The quantitative estimate of drug-likeness (QED) is 0.765. The van der Waals surface area contributed by atoms with Crippen molar-refractivity contribution < 1.29 is 4.79 Å². The maximum atomic E-state index is 12.7. The maximum absolute atomic E-state index is 12.7. The highest BCUT2D eigenvalue weighted by molar-refractivity contribution is 9.10. The Labute approximate surface area is 135 Å². The predicted octanol–water partition coefficient (Wildman–Crippen LogP) is 4.71. The van der Waals surface area contributed by atoms with E-state index in [-0.39, 0.29) is 11.3 Å². The summed E-state index contributed by atoms with van der Waals surface area (Å²) >= 11 is 7.10. The van der Waals surface area contributed by atoms with Gasteiger partial charge in [-0.3, -0.25) is 4.79 Å². The van der Waals surface area contributed by atoms with Crippen LogP contribution < -0.4 is 0 Å². The molecule has 3 rings (SSSR count). The first-order chi connectivity index (χ1) is 9.66. The lowest BCUT2D eigenvalue weighted by atomic mass is 10.2. The number of thioether (sulfide) groups is 1. The highest BCUT2D eigenvalue weighted by Gasteiger charge is 2.32. The number of thiophene rings is 1. The molecule has 2 nitrogen and oxygen atoms in total. The topological polar surface area (TPSA) is 20.3 Å². The molecule has 0 aliphatic carbocycles. The largest absolute Gasteiger partial charge is 0.321 e. The minimum atomic E-state index is 0.110. The van der Waals surface area contributed by atoms with Crippen molar-refractivity contribution in [3.8, 4) is 0 Å². The molecule has 0 unspecified atom stereocenters. The van der Waals surface area contributed by atoms with Crippen molar-refractivity contribution in [1.82, 2.24) is 4.90 Å². The smallest absolute Gasteiger partial charge is 0.256 e. The molecule has 0 N–H and O–H groups in total. The van der Waals surface area contributed by atoms with Crippen LogP contribution in [-0.2, 0) is 0 Å². The Hall–Kier alpha value is -0.780. The van der Waals surface area contributed by atoms with Gasteiger partial charge in [0.15, 0.2) is 0 Å². The molecular formula is C15H14BrNOS2. The van der Waals surface area contributed by atoms with Crippen molar-refractivity contribution >= 4 is 44.9 Å². The SMILES string of the molecule is Cc1ccc([C@H]2SCCN2C(=O)c2ccccc2Br)s1. The van der Waals surface area contributed by atoms with Crippen LogP contribution in [0.25, 0.3) is 0 Å². The van der Waals surface area contributed by atoms with Gasteiger partial charge in [-0.15, -0.1) is 23.1 Å². The first-order valence-electron chi connectivity index (χ1n) is 6.40. The van der Waals surface area contributed by atoms with Crippen molar-refractivity contribution in [1.29, 1.82) is 0 Å². The van der Waals surface area contributed by atoms with Crippen molar-refractivity contribution in [3.63, 3.8) is 0 Å². The van der Waals surface area contributed by atoms with Crippen LogP contribution in [0.1, 0.15) is 25.5 Å². The average molecular weight is 368 g/mol. The highest BCUT2D eigenvalue weighted by Crippen LogP contribution is 2.41. The molecule has 0 bridgehead atoms. The number of aryl methyl sites for hydroxylation is 1. The highest BCUT2D eigenvalue weighted by atomic mass is 79.9. The lowest BCUT2D eigenvalue weighted by Crippen LogP contribution is -2.30. The zero-order valence-electron chi connectivity index (χ0n) is 11.0. The fourth-order valence-corrected chi connectivity index (χ4v) is 5.11. The second-order valence-electron chi connectivity index (χ2n) is 4.65. The number of carbonyl (C=O) groups excluding carboxylic acids is 1. The van der Waals surface area contributed by atoms with Gasteiger partial charge < -0.3 is 4.90 Å². The fourth-order valence-electron chi connectivity index (χ4n) is 2.29. The molecule has 0 spiro atoms. The van der Waals surface area contributed by atoms with E-state index >= 15 is 0 Å². The lowest BCUT2D eigenvalue weighted by molar-refractivity contribution is 0.0761. The number of rotatable bonds is 2. The standard InChI is InChI=1S/C15H14BrNOS2/c1-10-6-7-13(20-10)15-17(8-9-19-15)14(18)11-4-2-3-5-12(11)16/h2-7,15H,8-9H2,1H3/t15-/m1/s1. The number of amides is 1. The van der Waals surface area contributed by atoms with E-state index in [4.69, 9.17) is 0 Å². The van der Waals surface area contributed by atoms with Crippen molar-refractivity contribution in [2.75, 3.05) is 12.3 Å². The van der Waals surface area contributed by atoms with Crippen molar-refractivity contribution in [3.05, 3.63) is 56.2 Å². The Bertz CT molecular complexity index is 640. The first-order valence-corrected chi connectivity index (χ1v) is 9.06. The van der Waals surface area contributed by atoms with Gasteiger partial charge in [-0.1, -0.05) is 12.1 Å². The second-order valence-corrected chi connectivity index (χ2v) is 8.01. The van der Waals surface area contributed by atoms with Crippen LogP contribution in [0.4, 0.5) is 0 Å². The third-order valence-corrected chi connectivity index (χ3v) is 6.40. The van der Waals surface area contributed by atoms with Crippen LogP contribution in [0.5, 0.6) is 0 Å². The summed E-state index contributed by atoms with van der Waals surface area (Å²) < 4.78 is 0.864. The lowest BCUT2D eigenvalue weighted by Gasteiger charge is -2.23. The summed E-state index contributed by atoms with van der Waals surface area (Å²) in [5, 5.41) is 0.160. The van der Waals surface area contributed by atoms with Gasteiger partial charge in [0.25, 0.3) is 5.91 Å². The van der Waals surface area contributed by atoms with Gasteiger partial charge in [-0.05, 0) is 47.1 Å². The number of carbonyl (C=O) groups is 1. The minimum absolute atomic E-state index is 0.110. The summed E-state index contributed by atoms with van der Waals surface area (Å²) in [7, 11) is 0. The van der Waals surface area contributed by atoms with E-state index in [1.165, 1.54) is 9.75 Å². The summed E-state index contributed by atoms with van der Waals surface area (Å²) in [5.74, 6) is 1.11. The number of nitrogens with zero attached hydrogens (tertiary/aromatic N) is 1. The van der Waals surface area contributed by atoms with Crippen LogP contribution in [0.2, 0.25) is 0 Å². The molecular weight excluding hydrogens is 354 g/mol. The van der Waals surface area contributed by atoms with Gasteiger partial charge in [0.2, 0.25) is 0 Å². The predicted molar refractivity (Wildman–Crippen MR) is 89.4 cm³/mol. The number of benzene rings is 1. The molecule has 1 atom stereocenters. The van der Waals surface area contributed by atoms with Gasteiger partial charge in [0, 0.05) is 26.5 Å². The molecule has 104 valence electrons. The van der Waals surface area contributed by atoms with Crippen LogP contribution in [-0.4, -0.2) is 23.1 Å². The van der Waals surface area contributed by atoms with Gasteiger partial charge in [0.1, 0.15) is 5.37 Å². The van der Waals surface area contributed by atoms with E-state index in [0.717, 1.165) is 22.3 Å². The molecule has 2 aromatic rings. The third-order valence-electron chi connectivity index (χ3n) is 3.26. The molecule has 0 radical (unpaired) electrons. The van der Waals surface area contributed by atoms with E-state index in [1.54, 1.807) is 11.3 Å². The normalized spacial score (nSPS) is 18.5. The van der Waals surface area contributed by atoms with Crippen molar-refractivity contribution in [2.45, 2.75) is 12.3 Å². The number of hydrogen-bond acceptors (Lipinski definition) is 3. The Kier molecular flexibility index (Phi) is 4.19. The molecule has 1 aromatic heterocycles. The van der Waals surface area contributed by atoms with E-state index in [2.05, 4.69) is 35.0 Å². The number of hydrogen-bond donors (Lipinski definition) is 0. The maximum Gasteiger partial charge on any atom is 0.256 e. The molecule has 1 fully saturated rings. The van der Waals surface area contributed by atoms with E-state index < -0.39 is 0 Å². The third kappa shape index (κ3) is 2.67. The monoisotopic (exact) mass is 367 g/mol. The van der Waals surface area contributed by atoms with Gasteiger partial charge in [-0.2, -0.15) is 0 Å². The molecule has 2 heterocycles. The number of halogens is 1. The summed E-state index contributed by atoms with van der Waals surface area (Å²) in [5.41, 5.74) is 0.744. The van der Waals surface area contributed by atoms with Gasteiger partial charge in [0.05, 0.1) is 5.56 Å². The zero-order valence-corrected chi connectivity index (χ0v) is 14.2.